The van der Waals surface area contributed by atoms with Gasteiger partial charge in [0.2, 0.25) is 5.91 Å². The molecular formula is C20H23NO4. The normalized spacial score (nSPS) is 18.2. The Balaban J connectivity index is 1.69. The second kappa shape index (κ2) is 8.12. The fourth-order valence-electron chi connectivity index (χ4n) is 3.26. The van der Waals surface area contributed by atoms with Crippen molar-refractivity contribution in [3.05, 3.63) is 48.0 Å². The van der Waals surface area contributed by atoms with Gasteiger partial charge in [0, 0.05) is 19.6 Å². The number of carboxylic acid groups (broad SMARTS) is 1. The Hall–Kier alpha value is -2.40. The van der Waals surface area contributed by atoms with Gasteiger partial charge in [0.05, 0.1) is 12.5 Å². The molecule has 3 rings (SSSR count). The van der Waals surface area contributed by atoms with Crippen LogP contribution in [0.25, 0.3) is 10.8 Å². The minimum atomic E-state index is -0.928. The highest BCUT2D eigenvalue weighted by Crippen LogP contribution is 2.23. The van der Waals surface area contributed by atoms with Gasteiger partial charge in [-0.05, 0) is 41.2 Å². The Morgan fingerprint density at radius 1 is 1.20 bits per heavy atom. The number of nitrogens with one attached hydrogen (secondary N) is 1. The van der Waals surface area contributed by atoms with Crippen LogP contribution in [0.3, 0.4) is 0 Å². The van der Waals surface area contributed by atoms with E-state index in [0.717, 1.165) is 42.4 Å². The third-order valence-corrected chi connectivity index (χ3v) is 4.69. The molecule has 2 aromatic carbocycles. The summed E-state index contributed by atoms with van der Waals surface area (Å²) in [6.45, 7) is 1.49. The number of aliphatic carboxylic acids is 1. The van der Waals surface area contributed by atoms with Crippen molar-refractivity contribution < 1.29 is 19.4 Å². The average molecular weight is 341 g/mol. The third-order valence-electron chi connectivity index (χ3n) is 4.69. The summed E-state index contributed by atoms with van der Waals surface area (Å²) < 4.78 is 5.32. The van der Waals surface area contributed by atoms with Gasteiger partial charge in [-0.25, -0.2) is 0 Å². The molecular weight excluding hydrogens is 318 g/mol. The largest absolute Gasteiger partial charge is 0.481 e. The number of ether oxygens (including phenoxy) is 1. The molecule has 0 spiro atoms. The molecule has 0 aliphatic carbocycles. The molecule has 2 aromatic rings. The first-order valence-corrected chi connectivity index (χ1v) is 8.69. The predicted molar refractivity (Wildman–Crippen MR) is 95.2 cm³/mol. The molecule has 2 atom stereocenters. The molecule has 5 nitrogen and oxygen atoms in total. The van der Waals surface area contributed by atoms with Gasteiger partial charge in [-0.3, -0.25) is 9.59 Å². The van der Waals surface area contributed by atoms with Crippen LogP contribution in [0.15, 0.2) is 42.5 Å². The number of rotatable bonds is 7. The van der Waals surface area contributed by atoms with E-state index in [0.29, 0.717) is 12.3 Å². The van der Waals surface area contributed by atoms with Gasteiger partial charge in [-0.15, -0.1) is 0 Å². The number of benzene rings is 2. The first-order valence-electron chi connectivity index (χ1n) is 8.69. The second-order valence-electron chi connectivity index (χ2n) is 6.59. The molecule has 1 heterocycles. The Labute approximate surface area is 147 Å². The van der Waals surface area contributed by atoms with E-state index in [1.165, 1.54) is 0 Å². The van der Waals surface area contributed by atoms with E-state index in [1.54, 1.807) is 0 Å². The van der Waals surface area contributed by atoms with Crippen LogP contribution in [-0.4, -0.2) is 30.2 Å². The highest BCUT2D eigenvalue weighted by molar-refractivity contribution is 5.84. The van der Waals surface area contributed by atoms with Crippen LogP contribution in [0.4, 0.5) is 0 Å². The van der Waals surface area contributed by atoms with Crippen molar-refractivity contribution in [3.8, 4) is 0 Å². The minimum Gasteiger partial charge on any atom is -0.481 e. The van der Waals surface area contributed by atoms with Crippen LogP contribution in [0, 0.1) is 5.92 Å². The molecule has 0 radical (unpaired) electrons. The summed E-state index contributed by atoms with van der Waals surface area (Å²) in [5.74, 6) is -0.599. The molecule has 0 bridgehead atoms. The van der Waals surface area contributed by atoms with Gasteiger partial charge >= 0.3 is 5.97 Å². The molecule has 0 saturated carbocycles. The quantitative estimate of drug-likeness (QED) is 0.810. The molecule has 1 aliphatic rings. The fraction of sp³-hybridized carbons (Fsp3) is 0.400. The van der Waals surface area contributed by atoms with E-state index in [4.69, 9.17) is 4.74 Å². The zero-order valence-electron chi connectivity index (χ0n) is 14.1. The lowest BCUT2D eigenvalue weighted by Crippen LogP contribution is -2.30. The van der Waals surface area contributed by atoms with E-state index in [2.05, 4.69) is 5.32 Å². The molecule has 1 amide bonds. The molecule has 1 aliphatic heterocycles. The van der Waals surface area contributed by atoms with Crippen molar-refractivity contribution in [1.29, 1.82) is 0 Å². The summed E-state index contributed by atoms with van der Waals surface area (Å²) in [6, 6.07) is 13.2. The van der Waals surface area contributed by atoms with Gasteiger partial charge in [-0.1, -0.05) is 36.4 Å². The lowest BCUT2D eigenvalue weighted by atomic mass is 9.98. The first-order chi connectivity index (χ1) is 12.1. The Morgan fingerprint density at radius 2 is 2.00 bits per heavy atom. The van der Waals surface area contributed by atoms with Crippen molar-refractivity contribution in [2.75, 3.05) is 13.2 Å². The van der Waals surface area contributed by atoms with Crippen LogP contribution in [0.1, 0.15) is 37.3 Å². The zero-order chi connectivity index (χ0) is 17.6. The van der Waals surface area contributed by atoms with Crippen molar-refractivity contribution in [2.24, 2.45) is 5.92 Å². The maximum absolute atomic E-state index is 12.3. The molecule has 0 aromatic heterocycles. The Morgan fingerprint density at radius 3 is 2.72 bits per heavy atom. The number of hydrogen-bond acceptors (Lipinski definition) is 3. The number of fused-ring (bicyclic) bond motifs is 1. The smallest absolute Gasteiger partial charge is 0.305 e. The summed E-state index contributed by atoms with van der Waals surface area (Å²) in [6.07, 6.45) is 2.05. The van der Waals surface area contributed by atoms with Crippen molar-refractivity contribution in [1.82, 2.24) is 5.32 Å². The average Bonchev–Trinajstić information content (AvgIpc) is 3.12. The van der Waals surface area contributed by atoms with Crippen LogP contribution < -0.4 is 5.32 Å². The standard InChI is InChI=1S/C20H23NO4/c22-19(8-5-14-9-10-25-13-14)21-18(12-20(23)24)17-7-6-15-3-1-2-4-16(15)11-17/h1-4,6-7,11,14,18H,5,8-10,12-13H2,(H,21,22)(H,23,24)/t14?,18-/m0/s1. The number of hydrogen-bond donors (Lipinski definition) is 2. The van der Waals surface area contributed by atoms with E-state index < -0.39 is 12.0 Å². The number of carbonyl (C=O) groups is 2. The summed E-state index contributed by atoms with van der Waals surface area (Å²) in [5.41, 5.74) is 0.818. The number of carboxylic acids is 1. The van der Waals surface area contributed by atoms with Crippen LogP contribution >= 0.6 is 0 Å². The SMILES string of the molecule is O=C(O)C[C@H](NC(=O)CCC1CCOC1)c1ccc2ccccc2c1. The summed E-state index contributed by atoms with van der Waals surface area (Å²) in [4.78, 5) is 23.5. The van der Waals surface area contributed by atoms with Gasteiger partial charge in [0.1, 0.15) is 0 Å². The first kappa shape index (κ1) is 17.4. The van der Waals surface area contributed by atoms with Crippen LogP contribution in [-0.2, 0) is 14.3 Å². The zero-order valence-corrected chi connectivity index (χ0v) is 14.1. The molecule has 132 valence electrons. The van der Waals surface area contributed by atoms with Crippen LogP contribution in [0.5, 0.6) is 0 Å². The van der Waals surface area contributed by atoms with Crippen molar-refractivity contribution >= 4 is 22.6 Å². The molecule has 1 fully saturated rings. The second-order valence-corrected chi connectivity index (χ2v) is 6.59. The van der Waals surface area contributed by atoms with E-state index in [-0.39, 0.29) is 12.3 Å². The Kier molecular flexibility index (Phi) is 5.66. The van der Waals surface area contributed by atoms with Gasteiger partial charge in [0.15, 0.2) is 0 Å². The molecule has 1 saturated heterocycles. The van der Waals surface area contributed by atoms with Crippen LogP contribution in [0.2, 0.25) is 0 Å². The summed E-state index contributed by atoms with van der Waals surface area (Å²) >= 11 is 0. The van der Waals surface area contributed by atoms with Gasteiger partial charge < -0.3 is 15.2 Å². The highest BCUT2D eigenvalue weighted by Gasteiger charge is 2.21. The number of amides is 1. The van der Waals surface area contributed by atoms with E-state index >= 15 is 0 Å². The minimum absolute atomic E-state index is 0.105. The van der Waals surface area contributed by atoms with Crippen molar-refractivity contribution in [3.63, 3.8) is 0 Å². The summed E-state index contributed by atoms with van der Waals surface area (Å²) in [7, 11) is 0. The third kappa shape index (κ3) is 4.79. The fourth-order valence-corrected chi connectivity index (χ4v) is 3.26. The lowest BCUT2D eigenvalue weighted by molar-refractivity contribution is -0.137. The van der Waals surface area contributed by atoms with Crippen molar-refractivity contribution in [2.45, 2.75) is 31.7 Å². The molecule has 25 heavy (non-hydrogen) atoms. The predicted octanol–water partition coefficient (Wildman–Crippen LogP) is 3.29. The van der Waals surface area contributed by atoms with Gasteiger partial charge in [0.25, 0.3) is 0 Å². The molecule has 5 heteroatoms. The van der Waals surface area contributed by atoms with E-state index in [9.17, 15) is 14.7 Å². The summed E-state index contributed by atoms with van der Waals surface area (Å²) in [5, 5.41) is 14.2. The maximum atomic E-state index is 12.3. The van der Waals surface area contributed by atoms with E-state index in [1.807, 2.05) is 42.5 Å². The monoisotopic (exact) mass is 341 g/mol. The highest BCUT2D eigenvalue weighted by atomic mass is 16.5. The Bertz CT molecular complexity index is 752. The molecule has 2 N–H and O–H groups in total. The lowest BCUT2D eigenvalue weighted by Gasteiger charge is -2.18. The maximum Gasteiger partial charge on any atom is 0.305 e. The number of carbonyl (C=O) groups excluding carboxylic acids is 1. The molecule has 1 unspecified atom stereocenters. The van der Waals surface area contributed by atoms with Gasteiger partial charge in [-0.2, -0.15) is 0 Å². The topological polar surface area (TPSA) is 75.6 Å².